The van der Waals surface area contributed by atoms with E-state index in [-0.39, 0.29) is 6.61 Å². The van der Waals surface area contributed by atoms with Crippen LogP contribution < -0.4 is 10.1 Å². The molecule has 0 aliphatic rings. The molecule has 1 aromatic carbocycles. The quantitative estimate of drug-likeness (QED) is 0.853. The summed E-state index contributed by atoms with van der Waals surface area (Å²) in [5.74, 6) is 1.37. The van der Waals surface area contributed by atoms with Crippen molar-refractivity contribution in [2.75, 3.05) is 13.2 Å². The summed E-state index contributed by atoms with van der Waals surface area (Å²) in [5, 5.41) is 11.9. The Morgan fingerprint density at radius 2 is 1.89 bits per heavy atom. The number of nitriles is 1. The second kappa shape index (κ2) is 7.16. The number of benzene rings is 1. The smallest absolute Gasteiger partial charge is 0.174 e. The Morgan fingerprint density at radius 3 is 2.42 bits per heavy atom. The van der Waals surface area contributed by atoms with Crippen LogP contribution in [0.2, 0.25) is 0 Å². The minimum atomic E-state index is 0.0979. The highest BCUT2D eigenvalue weighted by atomic mass is 16.5. The molecule has 1 N–H and O–H groups in total. The van der Waals surface area contributed by atoms with Crippen molar-refractivity contribution < 1.29 is 4.74 Å². The van der Waals surface area contributed by atoms with Crippen molar-refractivity contribution in [2.45, 2.75) is 34.2 Å². The maximum absolute atomic E-state index is 8.43. The molecule has 1 atom stereocenters. The molecule has 3 nitrogen and oxygen atoms in total. The van der Waals surface area contributed by atoms with Crippen molar-refractivity contribution in [3.05, 3.63) is 29.8 Å². The van der Waals surface area contributed by atoms with E-state index in [1.807, 2.05) is 30.3 Å². The van der Waals surface area contributed by atoms with Crippen LogP contribution in [0, 0.1) is 22.7 Å². The predicted molar refractivity (Wildman–Crippen MR) is 77.9 cm³/mol. The van der Waals surface area contributed by atoms with E-state index in [4.69, 9.17) is 10.00 Å². The van der Waals surface area contributed by atoms with E-state index in [9.17, 15) is 0 Å². The molecule has 0 bridgehead atoms. The fourth-order valence-corrected chi connectivity index (χ4v) is 1.56. The van der Waals surface area contributed by atoms with E-state index >= 15 is 0 Å². The maximum Gasteiger partial charge on any atom is 0.174 e. The van der Waals surface area contributed by atoms with Gasteiger partial charge in [-0.1, -0.05) is 39.8 Å². The summed E-state index contributed by atoms with van der Waals surface area (Å²) in [7, 11) is 0. The van der Waals surface area contributed by atoms with Gasteiger partial charge >= 0.3 is 0 Å². The Labute approximate surface area is 116 Å². The molecule has 0 radical (unpaired) electrons. The molecule has 0 aliphatic heterocycles. The van der Waals surface area contributed by atoms with Crippen LogP contribution in [0.25, 0.3) is 0 Å². The normalized spacial score (nSPS) is 12.8. The Morgan fingerprint density at radius 1 is 1.26 bits per heavy atom. The van der Waals surface area contributed by atoms with Crippen LogP contribution in [0.4, 0.5) is 0 Å². The van der Waals surface area contributed by atoms with Gasteiger partial charge in [-0.3, -0.25) is 0 Å². The number of hydrogen-bond acceptors (Lipinski definition) is 3. The van der Waals surface area contributed by atoms with Crippen molar-refractivity contribution in [2.24, 2.45) is 11.3 Å². The molecule has 0 aliphatic carbocycles. The number of nitrogens with zero attached hydrogens (tertiary/aromatic N) is 1. The van der Waals surface area contributed by atoms with Gasteiger partial charge in [0.1, 0.15) is 11.8 Å². The zero-order chi connectivity index (χ0) is 14.3. The topological polar surface area (TPSA) is 45.0 Å². The van der Waals surface area contributed by atoms with Crippen LogP contribution in [-0.2, 0) is 6.54 Å². The van der Waals surface area contributed by atoms with Crippen LogP contribution >= 0.6 is 0 Å². The van der Waals surface area contributed by atoms with Gasteiger partial charge in [0.2, 0.25) is 0 Å². The first-order valence-corrected chi connectivity index (χ1v) is 6.73. The molecule has 1 rings (SSSR count). The zero-order valence-electron chi connectivity index (χ0n) is 12.4. The molecule has 3 heteroatoms. The molecule has 0 fully saturated rings. The monoisotopic (exact) mass is 260 g/mol. The predicted octanol–water partition coefficient (Wildman–Crippen LogP) is 3.36. The molecule has 0 heterocycles. The van der Waals surface area contributed by atoms with Gasteiger partial charge in [-0.15, -0.1) is 0 Å². The summed E-state index contributed by atoms with van der Waals surface area (Å²) in [6.45, 7) is 11.0. The average Bonchev–Trinajstić information content (AvgIpc) is 2.36. The summed E-state index contributed by atoms with van der Waals surface area (Å²) >= 11 is 0. The molecule has 0 saturated carbocycles. The van der Waals surface area contributed by atoms with E-state index in [0.717, 1.165) is 18.8 Å². The number of hydrogen-bond donors (Lipinski definition) is 1. The fourth-order valence-electron chi connectivity index (χ4n) is 1.56. The van der Waals surface area contributed by atoms with Gasteiger partial charge < -0.3 is 10.1 Å². The molecular formula is C16H24N2O. The van der Waals surface area contributed by atoms with E-state index < -0.39 is 0 Å². The lowest BCUT2D eigenvalue weighted by Crippen LogP contribution is -2.29. The zero-order valence-corrected chi connectivity index (χ0v) is 12.4. The van der Waals surface area contributed by atoms with E-state index in [0.29, 0.717) is 11.3 Å². The molecule has 0 saturated heterocycles. The summed E-state index contributed by atoms with van der Waals surface area (Å²) in [6, 6.07) is 9.82. The van der Waals surface area contributed by atoms with Crippen molar-refractivity contribution in [1.82, 2.24) is 5.32 Å². The van der Waals surface area contributed by atoms with E-state index in [1.165, 1.54) is 5.56 Å². The fraction of sp³-hybridized carbons (Fsp3) is 0.562. The van der Waals surface area contributed by atoms with Crippen molar-refractivity contribution in [1.29, 1.82) is 5.26 Å². The lowest BCUT2D eigenvalue weighted by Gasteiger charge is -2.27. The SMILES string of the molecule is CC(CNCc1ccc(OCC#N)cc1)C(C)(C)C. The first-order valence-electron chi connectivity index (χ1n) is 6.73. The molecule has 104 valence electrons. The summed E-state index contributed by atoms with van der Waals surface area (Å²) in [4.78, 5) is 0. The Bertz CT molecular complexity index is 412. The van der Waals surface area contributed by atoms with Gasteiger partial charge in [0, 0.05) is 6.54 Å². The summed E-state index contributed by atoms with van der Waals surface area (Å²) < 4.78 is 5.22. The standard InChI is InChI=1S/C16H24N2O/c1-13(16(2,3)4)11-18-12-14-5-7-15(8-6-14)19-10-9-17/h5-8,13,18H,10-12H2,1-4H3. The second-order valence-electron chi connectivity index (χ2n) is 5.99. The summed E-state index contributed by atoms with van der Waals surface area (Å²) in [5.41, 5.74) is 1.56. The average molecular weight is 260 g/mol. The molecule has 19 heavy (non-hydrogen) atoms. The van der Waals surface area contributed by atoms with Crippen LogP contribution in [0.1, 0.15) is 33.3 Å². The van der Waals surface area contributed by atoms with Gasteiger partial charge in [0.25, 0.3) is 0 Å². The first-order chi connectivity index (χ1) is 8.93. The van der Waals surface area contributed by atoms with Gasteiger partial charge in [0.05, 0.1) is 0 Å². The second-order valence-corrected chi connectivity index (χ2v) is 5.99. The minimum Gasteiger partial charge on any atom is -0.479 e. The molecule has 1 unspecified atom stereocenters. The Kier molecular flexibility index (Phi) is 5.85. The highest BCUT2D eigenvalue weighted by molar-refractivity contribution is 5.27. The van der Waals surface area contributed by atoms with Crippen LogP contribution in [0.3, 0.4) is 0 Å². The van der Waals surface area contributed by atoms with E-state index in [2.05, 4.69) is 33.0 Å². The molecule has 0 aromatic heterocycles. The van der Waals surface area contributed by atoms with Crippen molar-refractivity contribution >= 4 is 0 Å². The minimum absolute atomic E-state index is 0.0979. The molecule has 1 aromatic rings. The number of ether oxygens (including phenoxy) is 1. The third kappa shape index (κ3) is 5.76. The van der Waals surface area contributed by atoms with Crippen molar-refractivity contribution in [3.63, 3.8) is 0 Å². The van der Waals surface area contributed by atoms with Gasteiger partial charge in [-0.05, 0) is 35.6 Å². The van der Waals surface area contributed by atoms with Crippen molar-refractivity contribution in [3.8, 4) is 11.8 Å². The van der Waals surface area contributed by atoms with Gasteiger partial charge in [-0.2, -0.15) is 5.26 Å². The maximum atomic E-state index is 8.43. The molecule has 0 amide bonds. The van der Waals surface area contributed by atoms with Gasteiger partial charge in [0.15, 0.2) is 6.61 Å². The Hall–Kier alpha value is -1.53. The first kappa shape index (κ1) is 15.5. The third-order valence-electron chi connectivity index (χ3n) is 3.48. The lowest BCUT2D eigenvalue weighted by atomic mass is 9.82. The molecular weight excluding hydrogens is 236 g/mol. The van der Waals surface area contributed by atoms with Crippen LogP contribution in [-0.4, -0.2) is 13.2 Å². The van der Waals surface area contributed by atoms with Crippen LogP contribution in [0.15, 0.2) is 24.3 Å². The number of rotatable bonds is 6. The summed E-state index contributed by atoms with van der Waals surface area (Å²) in [6.07, 6.45) is 0. The third-order valence-corrected chi connectivity index (χ3v) is 3.48. The Balaban J connectivity index is 2.36. The highest BCUT2D eigenvalue weighted by Crippen LogP contribution is 2.24. The lowest BCUT2D eigenvalue weighted by molar-refractivity contribution is 0.252. The van der Waals surface area contributed by atoms with E-state index in [1.54, 1.807) is 0 Å². The van der Waals surface area contributed by atoms with Crippen LogP contribution in [0.5, 0.6) is 5.75 Å². The number of nitrogens with one attached hydrogen (secondary N) is 1. The largest absolute Gasteiger partial charge is 0.479 e. The van der Waals surface area contributed by atoms with Gasteiger partial charge in [-0.25, -0.2) is 0 Å². The highest BCUT2D eigenvalue weighted by Gasteiger charge is 2.18. The molecule has 0 spiro atoms.